The van der Waals surface area contributed by atoms with Crippen molar-refractivity contribution in [1.29, 1.82) is 0 Å². The van der Waals surface area contributed by atoms with Gasteiger partial charge in [0.25, 0.3) is 0 Å². The Hall–Kier alpha value is -3.84. The summed E-state index contributed by atoms with van der Waals surface area (Å²) >= 11 is 1.52. The first-order valence-corrected chi connectivity index (χ1v) is 11.8. The number of benzene rings is 2. The summed E-state index contributed by atoms with van der Waals surface area (Å²) in [4.78, 5) is 29.6. The average Bonchev–Trinajstić information content (AvgIpc) is 3.58. The number of hydrogen-bond acceptors (Lipinski definition) is 5. The predicted molar refractivity (Wildman–Crippen MR) is 131 cm³/mol. The molecule has 7 heteroatoms. The van der Waals surface area contributed by atoms with Gasteiger partial charge in [-0.25, -0.2) is 0 Å². The van der Waals surface area contributed by atoms with Crippen molar-refractivity contribution in [2.75, 3.05) is 7.11 Å². The molecule has 0 saturated heterocycles. The summed E-state index contributed by atoms with van der Waals surface area (Å²) < 4.78 is 10.7. The lowest BCUT2D eigenvalue weighted by Gasteiger charge is -2.31. The number of carbonyl (C=O) groups excluding carboxylic acids is 2. The molecule has 2 amide bonds. The molecule has 2 aromatic heterocycles. The zero-order valence-electron chi connectivity index (χ0n) is 18.8. The number of methoxy groups -OCH3 is 1. The van der Waals surface area contributed by atoms with Gasteiger partial charge >= 0.3 is 0 Å². The van der Waals surface area contributed by atoms with Crippen molar-refractivity contribution in [2.45, 2.75) is 25.6 Å². The van der Waals surface area contributed by atoms with E-state index >= 15 is 0 Å². The topological polar surface area (TPSA) is 71.8 Å². The van der Waals surface area contributed by atoms with Gasteiger partial charge in [0.1, 0.15) is 17.6 Å². The van der Waals surface area contributed by atoms with Crippen LogP contribution >= 0.6 is 11.3 Å². The summed E-state index contributed by atoms with van der Waals surface area (Å²) in [5, 5.41) is 4.95. The van der Waals surface area contributed by atoms with Gasteiger partial charge in [-0.05, 0) is 46.8 Å². The van der Waals surface area contributed by atoms with Crippen LogP contribution in [0.2, 0.25) is 0 Å². The minimum atomic E-state index is -0.808. The van der Waals surface area contributed by atoms with Gasteiger partial charge in [0, 0.05) is 11.4 Å². The molecule has 1 atom stereocenters. The van der Waals surface area contributed by atoms with E-state index in [1.807, 2.05) is 78.2 Å². The molecule has 4 aromatic rings. The van der Waals surface area contributed by atoms with Crippen LogP contribution in [0.5, 0.6) is 5.75 Å². The summed E-state index contributed by atoms with van der Waals surface area (Å²) in [5.41, 5.74) is 1.67. The molecule has 34 heavy (non-hydrogen) atoms. The quantitative estimate of drug-likeness (QED) is 0.352. The second-order valence-corrected chi connectivity index (χ2v) is 8.77. The third kappa shape index (κ3) is 5.94. The Morgan fingerprint density at radius 3 is 2.44 bits per heavy atom. The fourth-order valence-corrected chi connectivity index (χ4v) is 4.39. The van der Waals surface area contributed by atoms with Crippen molar-refractivity contribution >= 4 is 23.2 Å². The number of thiophene rings is 1. The average molecular weight is 475 g/mol. The van der Waals surface area contributed by atoms with Gasteiger partial charge in [0.2, 0.25) is 11.8 Å². The highest BCUT2D eigenvalue weighted by molar-refractivity contribution is 7.10. The number of carbonyl (C=O) groups is 2. The number of ether oxygens (including phenoxy) is 1. The fraction of sp³-hybridized carbons (Fsp3) is 0.185. The van der Waals surface area contributed by atoms with Crippen molar-refractivity contribution in [3.05, 3.63) is 112 Å². The molecule has 0 aliphatic rings. The highest BCUT2D eigenvalue weighted by Gasteiger charge is 2.32. The van der Waals surface area contributed by atoms with Gasteiger partial charge in [0.15, 0.2) is 0 Å². The monoisotopic (exact) mass is 474 g/mol. The molecule has 174 valence electrons. The standard InChI is InChI=1S/C27H26N2O4S/c1-32-22-13-11-20(12-14-22)18-28-27(31)26(21-7-3-2-4-8-21)29(19-23-9-5-15-33-23)25(30)17-24-10-6-16-34-24/h2-16,26H,17-19H2,1H3,(H,28,31)/t26-/m0/s1. The van der Waals surface area contributed by atoms with Crippen LogP contribution in [0, 0.1) is 0 Å². The van der Waals surface area contributed by atoms with Crippen LogP contribution in [0.3, 0.4) is 0 Å². The minimum absolute atomic E-state index is 0.146. The molecule has 0 spiro atoms. The molecule has 0 bridgehead atoms. The zero-order chi connectivity index (χ0) is 23.8. The van der Waals surface area contributed by atoms with Crippen LogP contribution in [0.25, 0.3) is 0 Å². The summed E-state index contributed by atoms with van der Waals surface area (Å²) in [5.74, 6) is 0.963. The molecule has 0 unspecified atom stereocenters. The fourth-order valence-electron chi connectivity index (χ4n) is 3.70. The van der Waals surface area contributed by atoms with E-state index in [0.717, 1.165) is 21.8 Å². The molecule has 0 radical (unpaired) electrons. The number of nitrogens with one attached hydrogen (secondary N) is 1. The summed E-state index contributed by atoms with van der Waals surface area (Å²) in [7, 11) is 1.61. The number of nitrogens with zero attached hydrogens (tertiary/aromatic N) is 1. The second-order valence-electron chi connectivity index (χ2n) is 7.74. The molecule has 1 N–H and O–H groups in total. The first-order valence-electron chi connectivity index (χ1n) is 10.9. The van der Waals surface area contributed by atoms with Crippen molar-refractivity contribution < 1.29 is 18.7 Å². The van der Waals surface area contributed by atoms with Crippen LogP contribution in [-0.2, 0) is 29.1 Å². The highest BCUT2D eigenvalue weighted by Crippen LogP contribution is 2.26. The maximum Gasteiger partial charge on any atom is 0.247 e. The van der Waals surface area contributed by atoms with Crippen LogP contribution in [0.1, 0.15) is 27.8 Å². The number of furan rings is 1. The van der Waals surface area contributed by atoms with Crippen LogP contribution in [-0.4, -0.2) is 23.8 Å². The third-order valence-corrected chi connectivity index (χ3v) is 6.31. The van der Waals surface area contributed by atoms with E-state index < -0.39 is 6.04 Å². The normalized spacial score (nSPS) is 11.6. The van der Waals surface area contributed by atoms with Crippen molar-refractivity contribution in [2.24, 2.45) is 0 Å². The predicted octanol–water partition coefficient (Wildman–Crippen LogP) is 4.98. The van der Waals surface area contributed by atoms with Crippen LogP contribution < -0.4 is 10.1 Å². The van der Waals surface area contributed by atoms with E-state index in [-0.39, 0.29) is 24.8 Å². The lowest BCUT2D eigenvalue weighted by atomic mass is 10.0. The van der Waals surface area contributed by atoms with Gasteiger partial charge in [-0.3, -0.25) is 9.59 Å². The molecular weight excluding hydrogens is 448 g/mol. The Labute approximate surface area is 202 Å². The first kappa shape index (κ1) is 23.3. The van der Waals surface area contributed by atoms with Crippen LogP contribution in [0.4, 0.5) is 0 Å². The van der Waals surface area contributed by atoms with E-state index in [0.29, 0.717) is 12.3 Å². The highest BCUT2D eigenvalue weighted by atomic mass is 32.1. The summed E-state index contributed by atoms with van der Waals surface area (Å²) in [6.45, 7) is 0.520. The Morgan fingerprint density at radius 1 is 1.00 bits per heavy atom. The Bertz CT molecular complexity index is 1170. The molecule has 2 heterocycles. The van der Waals surface area contributed by atoms with Gasteiger partial charge in [-0.2, -0.15) is 0 Å². The Kier molecular flexibility index (Phi) is 7.78. The largest absolute Gasteiger partial charge is 0.497 e. The van der Waals surface area contributed by atoms with E-state index in [1.165, 1.54) is 11.3 Å². The lowest BCUT2D eigenvalue weighted by Crippen LogP contribution is -2.43. The molecule has 0 saturated carbocycles. The van der Waals surface area contributed by atoms with Gasteiger partial charge in [-0.15, -0.1) is 11.3 Å². The lowest BCUT2D eigenvalue weighted by molar-refractivity contribution is -0.141. The second kappa shape index (κ2) is 11.3. The number of rotatable bonds is 10. The van der Waals surface area contributed by atoms with Gasteiger partial charge in [-0.1, -0.05) is 48.5 Å². The van der Waals surface area contributed by atoms with E-state index in [4.69, 9.17) is 9.15 Å². The Morgan fingerprint density at radius 2 is 1.79 bits per heavy atom. The minimum Gasteiger partial charge on any atom is -0.497 e. The molecule has 0 aliphatic carbocycles. The molecule has 0 aliphatic heterocycles. The summed E-state index contributed by atoms with van der Waals surface area (Å²) in [6.07, 6.45) is 1.78. The first-order chi connectivity index (χ1) is 16.6. The molecule has 4 rings (SSSR count). The third-order valence-electron chi connectivity index (χ3n) is 5.43. The Balaban J connectivity index is 1.61. The van der Waals surface area contributed by atoms with Crippen molar-refractivity contribution in [3.63, 3.8) is 0 Å². The molecule has 2 aromatic carbocycles. The smallest absolute Gasteiger partial charge is 0.247 e. The van der Waals surface area contributed by atoms with Crippen molar-refractivity contribution in [1.82, 2.24) is 10.2 Å². The maximum absolute atomic E-state index is 13.6. The van der Waals surface area contributed by atoms with Crippen molar-refractivity contribution in [3.8, 4) is 5.75 Å². The van der Waals surface area contributed by atoms with E-state index in [2.05, 4.69) is 5.32 Å². The van der Waals surface area contributed by atoms with E-state index in [1.54, 1.807) is 24.3 Å². The van der Waals surface area contributed by atoms with Gasteiger partial charge in [0.05, 0.1) is 26.3 Å². The number of hydrogen-bond donors (Lipinski definition) is 1. The van der Waals surface area contributed by atoms with E-state index in [9.17, 15) is 9.59 Å². The zero-order valence-corrected chi connectivity index (χ0v) is 19.7. The SMILES string of the molecule is COc1ccc(CNC(=O)[C@H](c2ccccc2)N(Cc2ccco2)C(=O)Cc2cccs2)cc1. The van der Waals surface area contributed by atoms with Crippen LogP contribution in [0.15, 0.2) is 94.9 Å². The molecular formula is C27H26N2O4S. The molecule has 0 fully saturated rings. The molecule has 6 nitrogen and oxygen atoms in total. The summed E-state index contributed by atoms with van der Waals surface area (Å²) in [6, 6.07) is 23.5. The maximum atomic E-state index is 13.6. The van der Waals surface area contributed by atoms with Gasteiger partial charge < -0.3 is 19.4 Å². The number of amides is 2.